The Balaban J connectivity index is 2.01. The lowest BCUT2D eigenvalue weighted by atomic mass is 10.1. The first-order valence-corrected chi connectivity index (χ1v) is 14.6. The minimum atomic E-state index is -3.82. The zero-order chi connectivity index (χ0) is 27.2. The standard InChI is InChI=1S/C28H34ClN3O4S/c1-5-20(3)30-28(34)25(6-2)31(18-21-14-16-23(29)17-15-21)27(33)19-32(37(4,35)36)26-13-9-11-22-10-7-8-12-24(22)26/h7-17,20,25H,5-6,18-19H2,1-4H3,(H,30,34)/t20-,25-/m1/s1. The minimum absolute atomic E-state index is 0.0581. The van der Waals surface area contributed by atoms with Gasteiger partial charge in [0.25, 0.3) is 0 Å². The maximum Gasteiger partial charge on any atom is 0.244 e. The number of anilines is 1. The molecule has 0 heterocycles. The second kappa shape index (κ2) is 12.4. The van der Waals surface area contributed by atoms with Gasteiger partial charge in [0.2, 0.25) is 21.8 Å². The molecular formula is C28H34ClN3O4S. The van der Waals surface area contributed by atoms with Crippen LogP contribution in [0, 0.1) is 0 Å². The van der Waals surface area contributed by atoms with Crippen LogP contribution >= 0.6 is 11.6 Å². The maximum absolute atomic E-state index is 13.9. The first-order chi connectivity index (χ1) is 17.5. The molecule has 3 rings (SSSR count). The first-order valence-electron chi connectivity index (χ1n) is 12.3. The summed E-state index contributed by atoms with van der Waals surface area (Å²) in [5, 5.41) is 5.10. The summed E-state index contributed by atoms with van der Waals surface area (Å²) in [5.74, 6) is -0.741. The van der Waals surface area contributed by atoms with E-state index < -0.39 is 28.5 Å². The van der Waals surface area contributed by atoms with Crippen LogP contribution in [0.1, 0.15) is 39.2 Å². The average Bonchev–Trinajstić information content (AvgIpc) is 2.87. The van der Waals surface area contributed by atoms with Crippen LogP contribution in [0.5, 0.6) is 0 Å². The van der Waals surface area contributed by atoms with Gasteiger partial charge >= 0.3 is 0 Å². The average molecular weight is 544 g/mol. The Hall–Kier alpha value is -3.10. The van der Waals surface area contributed by atoms with E-state index >= 15 is 0 Å². The number of hydrogen-bond donors (Lipinski definition) is 1. The van der Waals surface area contributed by atoms with Gasteiger partial charge in [0.05, 0.1) is 11.9 Å². The molecule has 3 aromatic rings. The Morgan fingerprint density at radius 1 is 0.946 bits per heavy atom. The second-order valence-corrected chi connectivity index (χ2v) is 11.5. The summed E-state index contributed by atoms with van der Waals surface area (Å²) < 4.78 is 27.0. The number of carbonyl (C=O) groups excluding carboxylic acids is 2. The summed E-state index contributed by atoms with van der Waals surface area (Å²) in [6, 6.07) is 19.0. The number of carbonyl (C=O) groups is 2. The summed E-state index contributed by atoms with van der Waals surface area (Å²) in [4.78, 5) is 28.5. The number of fused-ring (bicyclic) bond motifs is 1. The molecule has 3 aromatic carbocycles. The zero-order valence-corrected chi connectivity index (χ0v) is 23.2. The van der Waals surface area contributed by atoms with Gasteiger partial charge in [-0.25, -0.2) is 8.42 Å². The minimum Gasteiger partial charge on any atom is -0.352 e. The number of rotatable bonds is 11. The number of halogens is 1. The highest BCUT2D eigenvalue weighted by Crippen LogP contribution is 2.29. The molecule has 0 spiro atoms. The van der Waals surface area contributed by atoms with Crippen LogP contribution in [0.15, 0.2) is 66.7 Å². The van der Waals surface area contributed by atoms with Crippen LogP contribution < -0.4 is 9.62 Å². The molecule has 0 fully saturated rings. The van der Waals surface area contributed by atoms with E-state index in [0.717, 1.165) is 27.9 Å². The quantitative estimate of drug-likeness (QED) is 0.369. The lowest BCUT2D eigenvalue weighted by molar-refractivity contribution is -0.140. The Labute approximate surface area is 224 Å². The number of amides is 2. The van der Waals surface area contributed by atoms with Crippen molar-refractivity contribution in [1.82, 2.24) is 10.2 Å². The van der Waals surface area contributed by atoms with Crippen LogP contribution in [0.3, 0.4) is 0 Å². The molecule has 0 aliphatic heterocycles. The molecule has 0 saturated heterocycles. The van der Waals surface area contributed by atoms with Crippen molar-refractivity contribution < 1.29 is 18.0 Å². The lowest BCUT2D eigenvalue weighted by Gasteiger charge is -2.33. The van der Waals surface area contributed by atoms with Crippen molar-refractivity contribution in [3.05, 3.63) is 77.3 Å². The van der Waals surface area contributed by atoms with E-state index in [-0.39, 0.29) is 18.5 Å². The number of sulfonamides is 1. The van der Waals surface area contributed by atoms with Crippen LogP contribution in [0.4, 0.5) is 5.69 Å². The summed E-state index contributed by atoms with van der Waals surface area (Å²) in [6.45, 7) is 5.41. The number of hydrogen-bond acceptors (Lipinski definition) is 4. The van der Waals surface area contributed by atoms with Crippen molar-refractivity contribution in [3.63, 3.8) is 0 Å². The number of nitrogens with one attached hydrogen (secondary N) is 1. The van der Waals surface area contributed by atoms with Crippen LogP contribution in [-0.4, -0.2) is 50.0 Å². The Bertz CT molecular complexity index is 1340. The Morgan fingerprint density at radius 3 is 2.22 bits per heavy atom. The van der Waals surface area contributed by atoms with Crippen molar-refractivity contribution in [2.24, 2.45) is 0 Å². The number of nitrogens with zero attached hydrogens (tertiary/aromatic N) is 2. The van der Waals surface area contributed by atoms with Crippen molar-refractivity contribution in [2.75, 3.05) is 17.1 Å². The highest BCUT2D eigenvalue weighted by Gasteiger charge is 2.32. The van der Waals surface area contributed by atoms with Crippen LogP contribution in [0.2, 0.25) is 5.02 Å². The molecular weight excluding hydrogens is 510 g/mol. The molecule has 2 amide bonds. The number of benzene rings is 3. The largest absolute Gasteiger partial charge is 0.352 e. The Morgan fingerprint density at radius 2 is 1.59 bits per heavy atom. The van der Waals surface area contributed by atoms with Crippen molar-refractivity contribution in [1.29, 1.82) is 0 Å². The highest BCUT2D eigenvalue weighted by atomic mass is 35.5. The third-order valence-corrected chi connectivity index (χ3v) is 7.75. The third-order valence-electron chi connectivity index (χ3n) is 6.37. The molecule has 7 nitrogen and oxygen atoms in total. The van der Waals surface area contributed by atoms with Gasteiger partial charge in [0, 0.05) is 23.0 Å². The van der Waals surface area contributed by atoms with Crippen LogP contribution in [0.25, 0.3) is 10.8 Å². The van der Waals surface area contributed by atoms with Gasteiger partial charge in [-0.15, -0.1) is 0 Å². The smallest absolute Gasteiger partial charge is 0.244 e. The van der Waals surface area contributed by atoms with Gasteiger partial charge in [0.15, 0.2) is 0 Å². The summed E-state index contributed by atoms with van der Waals surface area (Å²) >= 11 is 6.04. The van der Waals surface area contributed by atoms with Gasteiger partial charge in [-0.1, -0.05) is 74.0 Å². The maximum atomic E-state index is 13.9. The molecule has 0 saturated carbocycles. The van der Waals surface area contributed by atoms with E-state index in [1.165, 1.54) is 4.90 Å². The summed E-state index contributed by atoms with van der Waals surface area (Å²) in [5.41, 5.74) is 1.20. The molecule has 0 radical (unpaired) electrons. The topological polar surface area (TPSA) is 86.8 Å². The monoisotopic (exact) mass is 543 g/mol. The van der Waals surface area contributed by atoms with Gasteiger partial charge in [-0.05, 0) is 48.9 Å². The molecule has 1 N–H and O–H groups in total. The molecule has 198 valence electrons. The van der Waals surface area contributed by atoms with Gasteiger partial charge in [0.1, 0.15) is 12.6 Å². The molecule has 9 heteroatoms. The van der Waals surface area contributed by atoms with E-state index in [1.807, 2.05) is 51.1 Å². The van der Waals surface area contributed by atoms with E-state index in [1.54, 1.807) is 36.4 Å². The predicted molar refractivity (Wildman–Crippen MR) is 150 cm³/mol. The zero-order valence-electron chi connectivity index (χ0n) is 21.6. The summed E-state index contributed by atoms with van der Waals surface area (Å²) in [6.07, 6.45) is 2.20. The Kier molecular flexibility index (Phi) is 9.56. The van der Waals surface area contributed by atoms with E-state index in [0.29, 0.717) is 22.5 Å². The molecule has 2 atom stereocenters. The normalized spacial score (nSPS) is 13.1. The SMILES string of the molecule is CC[C@@H](C)NC(=O)[C@@H](CC)N(Cc1ccc(Cl)cc1)C(=O)CN(c1cccc2ccccc12)S(C)(=O)=O. The second-order valence-electron chi connectivity index (χ2n) is 9.16. The fourth-order valence-corrected chi connectivity index (χ4v) is 5.16. The lowest BCUT2D eigenvalue weighted by Crippen LogP contribution is -2.53. The van der Waals surface area contributed by atoms with E-state index in [2.05, 4.69) is 5.32 Å². The summed E-state index contributed by atoms with van der Waals surface area (Å²) in [7, 11) is -3.82. The van der Waals surface area contributed by atoms with Gasteiger partial charge < -0.3 is 10.2 Å². The fraction of sp³-hybridized carbons (Fsp3) is 0.357. The predicted octanol–water partition coefficient (Wildman–Crippen LogP) is 4.98. The molecule has 0 aromatic heterocycles. The fourth-order valence-electron chi connectivity index (χ4n) is 4.17. The van der Waals surface area contributed by atoms with Crippen molar-refractivity contribution >= 4 is 49.9 Å². The molecule has 0 aliphatic rings. The molecule has 0 unspecified atom stereocenters. The van der Waals surface area contributed by atoms with E-state index in [9.17, 15) is 18.0 Å². The van der Waals surface area contributed by atoms with Crippen molar-refractivity contribution in [2.45, 2.75) is 52.2 Å². The molecule has 0 aliphatic carbocycles. The van der Waals surface area contributed by atoms with Gasteiger partial charge in [-0.3, -0.25) is 13.9 Å². The van der Waals surface area contributed by atoms with Gasteiger partial charge in [-0.2, -0.15) is 0 Å². The van der Waals surface area contributed by atoms with Crippen molar-refractivity contribution in [3.8, 4) is 0 Å². The molecule has 0 bridgehead atoms. The highest BCUT2D eigenvalue weighted by molar-refractivity contribution is 7.92. The van der Waals surface area contributed by atoms with E-state index in [4.69, 9.17) is 11.6 Å². The first kappa shape index (κ1) is 28.5. The molecule has 37 heavy (non-hydrogen) atoms. The third kappa shape index (κ3) is 7.23. The van der Waals surface area contributed by atoms with Crippen LogP contribution in [-0.2, 0) is 26.2 Å².